The normalized spacial score (nSPS) is 10.7. The SMILES string of the molecule is CC(=O)N(c1ccccc1)c1nc(/C=C/C(=O)Nc2ccccc2F)cs1. The standard InChI is InChI=1S/C20H16FN3O2S/c1-14(25)24(16-7-3-2-4-8-16)20-22-15(13-27-20)11-12-19(26)23-18-10-6-5-9-17(18)21/h2-13H,1H3,(H,23,26)/b12-11+. The first-order chi connectivity index (χ1) is 13.0. The van der Waals surface area contributed by atoms with Crippen molar-refractivity contribution >= 4 is 45.7 Å². The van der Waals surface area contributed by atoms with Crippen molar-refractivity contribution in [3.05, 3.63) is 77.6 Å². The van der Waals surface area contributed by atoms with Crippen LogP contribution in [0.2, 0.25) is 0 Å². The molecule has 2 amide bonds. The Kier molecular flexibility index (Phi) is 5.73. The van der Waals surface area contributed by atoms with Gasteiger partial charge in [-0.3, -0.25) is 14.5 Å². The van der Waals surface area contributed by atoms with Crippen molar-refractivity contribution in [2.45, 2.75) is 6.92 Å². The molecule has 0 spiro atoms. The molecule has 3 aromatic rings. The number of amides is 2. The average molecular weight is 381 g/mol. The van der Waals surface area contributed by atoms with Crippen LogP contribution in [-0.4, -0.2) is 16.8 Å². The van der Waals surface area contributed by atoms with Gasteiger partial charge in [0.1, 0.15) is 5.82 Å². The van der Waals surface area contributed by atoms with Crippen LogP contribution >= 0.6 is 11.3 Å². The van der Waals surface area contributed by atoms with Crippen LogP contribution in [0.5, 0.6) is 0 Å². The monoisotopic (exact) mass is 381 g/mol. The maximum atomic E-state index is 13.6. The summed E-state index contributed by atoms with van der Waals surface area (Å²) in [7, 11) is 0. The number of nitrogens with one attached hydrogen (secondary N) is 1. The molecule has 0 radical (unpaired) electrons. The van der Waals surface area contributed by atoms with E-state index in [1.165, 1.54) is 47.4 Å². The largest absolute Gasteiger partial charge is 0.320 e. The van der Waals surface area contributed by atoms with Crippen LogP contribution in [0, 0.1) is 5.82 Å². The molecule has 1 heterocycles. The number of nitrogens with zero attached hydrogens (tertiary/aromatic N) is 2. The molecule has 0 saturated carbocycles. The van der Waals surface area contributed by atoms with E-state index in [0.29, 0.717) is 16.5 Å². The maximum Gasteiger partial charge on any atom is 0.248 e. The molecule has 2 aromatic carbocycles. The first kappa shape index (κ1) is 18.5. The smallest absolute Gasteiger partial charge is 0.248 e. The highest BCUT2D eigenvalue weighted by molar-refractivity contribution is 7.14. The van der Waals surface area contributed by atoms with E-state index in [4.69, 9.17) is 0 Å². The fourth-order valence-electron chi connectivity index (χ4n) is 2.36. The Balaban J connectivity index is 1.73. The van der Waals surface area contributed by atoms with Crippen LogP contribution in [0.4, 0.5) is 20.9 Å². The second-order valence-corrected chi connectivity index (χ2v) is 6.38. The fraction of sp³-hybridized carbons (Fsp3) is 0.0500. The van der Waals surface area contributed by atoms with Crippen molar-refractivity contribution in [1.82, 2.24) is 4.98 Å². The first-order valence-electron chi connectivity index (χ1n) is 8.09. The van der Waals surface area contributed by atoms with Gasteiger partial charge in [0, 0.05) is 18.4 Å². The highest BCUT2D eigenvalue weighted by atomic mass is 32.1. The maximum absolute atomic E-state index is 13.6. The van der Waals surface area contributed by atoms with Gasteiger partial charge in [-0.2, -0.15) is 0 Å². The molecule has 0 fully saturated rings. The number of carbonyl (C=O) groups excluding carboxylic acids is 2. The summed E-state index contributed by atoms with van der Waals surface area (Å²) in [5, 5.41) is 4.70. The molecule has 1 aromatic heterocycles. The van der Waals surface area contributed by atoms with Gasteiger partial charge in [0.25, 0.3) is 0 Å². The lowest BCUT2D eigenvalue weighted by molar-refractivity contribution is -0.116. The predicted octanol–water partition coefficient (Wildman–Crippen LogP) is 4.62. The van der Waals surface area contributed by atoms with Crippen LogP contribution in [0.25, 0.3) is 6.08 Å². The number of hydrogen-bond donors (Lipinski definition) is 1. The predicted molar refractivity (Wildman–Crippen MR) is 105 cm³/mol. The Morgan fingerprint density at radius 3 is 2.52 bits per heavy atom. The molecule has 0 atom stereocenters. The summed E-state index contributed by atoms with van der Waals surface area (Å²) in [6, 6.07) is 15.1. The second-order valence-electron chi connectivity index (χ2n) is 5.55. The molecular weight excluding hydrogens is 365 g/mol. The number of carbonyl (C=O) groups is 2. The summed E-state index contributed by atoms with van der Waals surface area (Å²) in [5.41, 5.74) is 1.35. The van der Waals surface area contributed by atoms with Gasteiger partial charge >= 0.3 is 0 Å². The van der Waals surface area contributed by atoms with Gasteiger partial charge in [-0.15, -0.1) is 11.3 Å². The van der Waals surface area contributed by atoms with Crippen LogP contribution < -0.4 is 10.2 Å². The van der Waals surface area contributed by atoms with Gasteiger partial charge in [-0.25, -0.2) is 9.37 Å². The second kappa shape index (κ2) is 8.37. The molecule has 3 rings (SSSR count). The summed E-state index contributed by atoms with van der Waals surface area (Å²) in [6.07, 6.45) is 2.78. The van der Waals surface area contributed by atoms with Crippen LogP contribution in [-0.2, 0) is 9.59 Å². The van der Waals surface area contributed by atoms with Crippen molar-refractivity contribution in [2.24, 2.45) is 0 Å². The van der Waals surface area contributed by atoms with Crippen LogP contribution in [0.3, 0.4) is 0 Å². The van der Waals surface area contributed by atoms with Crippen molar-refractivity contribution in [2.75, 3.05) is 10.2 Å². The molecule has 136 valence electrons. The van der Waals surface area contributed by atoms with Crippen LogP contribution in [0.15, 0.2) is 66.1 Å². The molecule has 0 aliphatic rings. The number of hydrogen-bond acceptors (Lipinski definition) is 4. The highest BCUT2D eigenvalue weighted by Gasteiger charge is 2.17. The van der Waals surface area contributed by atoms with Gasteiger partial charge in [0.15, 0.2) is 5.13 Å². The number of aromatic nitrogens is 1. The minimum absolute atomic E-state index is 0.109. The third-order valence-corrected chi connectivity index (χ3v) is 4.41. The number of rotatable bonds is 5. The van der Waals surface area contributed by atoms with Gasteiger partial charge in [0.2, 0.25) is 11.8 Å². The summed E-state index contributed by atoms with van der Waals surface area (Å²) in [5.74, 6) is -1.14. The lowest BCUT2D eigenvalue weighted by Crippen LogP contribution is -2.22. The van der Waals surface area contributed by atoms with Crippen molar-refractivity contribution in [1.29, 1.82) is 0 Å². The molecule has 0 unspecified atom stereocenters. The Bertz CT molecular complexity index is 986. The Morgan fingerprint density at radius 2 is 1.81 bits per heavy atom. The van der Waals surface area contributed by atoms with Gasteiger partial charge < -0.3 is 5.32 Å². The average Bonchev–Trinajstić information content (AvgIpc) is 3.11. The Morgan fingerprint density at radius 1 is 1.11 bits per heavy atom. The van der Waals surface area contributed by atoms with Gasteiger partial charge in [-0.05, 0) is 30.3 Å². The zero-order valence-corrected chi connectivity index (χ0v) is 15.2. The summed E-state index contributed by atoms with van der Waals surface area (Å²) < 4.78 is 13.6. The summed E-state index contributed by atoms with van der Waals surface area (Å²) in [6.45, 7) is 1.46. The topological polar surface area (TPSA) is 62.3 Å². The van der Waals surface area contributed by atoms with Gasteiger partial charge in [-0.1, -0.05) is 30.3 Å². The molecule has 0 bridgehead atoms. The molecule has 27 heavy (non-hydrogen) atoms. The van der Waals surface area contributed by atoms with E-state index < -0.39 is 11.7 Å². The number of benzene rings is 2. The lowest BCUT2D eigenvalue weighted by Gasteiger charge is -2.17. The van der Waals surface area contributed by atoms with E-state index in [9.17, 15) is 14.0 Å². The summed E-state index contributed by atoms with van der Waals surface area (Å²) in [4.78, 5) is 29.9. The third-order valence-electron chi connectivity index (χ3n) is 3.57. The van der Waals surface area contributed by atoms with Gasteiger partial charge in [0.05, 0.1) is 17.1 Å². The van der Waals surface area contributed by atoms with E-state index in [-0.39, 0.29) is 11.6 Å². The summed E-state index contributed by atoms with van der Waals surface area (Å²) >= 11 is 1.29. The quantitative estimate of drug-likeness (QED) is 0.656. The Labute approximate surface area is 159 Å². The third kappa shape index (κ3) is 4.65. The van der Waals surface area contributed by atoms with Crippen molar-refractivity contribution in [3.8, 4) is 0 Å². The number of halogens is 1. The lowest BCUT2D eigenvalue weighted by atomic mass is 10.3. The van der Waals surface area contributed by atoms with E-state index in [1.807, 2.05) is 30.3 Å². The van der Waals surface area contributed by atoms with E-state index in [0.717, 1.165) is 0 Å². The molecular formula is C20H16FN3O2S. The Hall–Kier alpha value is -3.32. The van der Waals surface area contributed by atoms with E-state index in [1.54, 1.807) is 17.5 Å². The molecule has 0 aliphatic heterocycles. The molecule has 5 nitrogen and oxygen atoms in total. The number of thiazole rings is 1. The number of anilines is 3. The highest BCUT2D eigenvalue weighted by Crippen LogP contribution is 2.29. The molecule has 0 aliphatic carbocycles. The minimum Gasteiger partial charge on any atom is -0.320 e. The molecule has 1 N–H and O–H groups in total. The van der Waals surface area contributed by atoms with Crippen molar-refractivity contribution in [3.63, 3.8) is 0 Å². The minimum atomic E-state index is -0.504. The fourth-order valence-corrected chi connectivity index (χ4v) is 3.21. The molecule has 7 heteroatoms. The first-order valence-corrected chi connectivity index (χ1v) is 8.97. The van der Waals surface area contributed by atoms with Crippen LogP contribution in [0.1, 0.15) is 12.6 Å². The van der Waals surface area contributed by atoms with E-state index >= 15 is 0 Å². The zero-order chi connectivity index (χ0) is 19.2. The van der Waals surface area contributed by atoms with E-state index in [2.05, 4.69) is 10.3 Å². The molecule has 0 saturated heterocycles. The zero-order valence-electron chi connectivity index (χ0n) is 14.4. The number of para-hydroxylation sites is 2. The van der Waals surface area contributed by atoms with Crippen molar-refractivity contribution < 1.29 is 14.0 Å².